The van der Waals surface area contributed by atoms with Crippen LogP contribution in [0.4, 0.5) is 0 Å². The first-order valence-corrected chi connectivity index (χ1v) is 11.0. The van der Waals surface area contributed by atoms with E-state index in [0.717, 1.165) is 33.0 Å². The first kappa shape index (κ1) is 19.4. The summed E-state index contributed by atoms with van der Waals surface area (Å²) in [5.74, 6) is -0.278. The Bertz CT molecular complexity index is 1170. The smallest absolute Gasteiger partial charge is 0.250 e. The zero-order chi connectivity index (χ0) is 20.6. The van der Waals surface area contributed by atoms with Gasteiger partial charge in [-0.05, 0) is 47.6 Å². The number of nitrogens with one attached hydrogen (secondary N) is 1. The molecule has 1 fully saturated rings. The van der Waals surface area contributed by atoms with Crippen LogP contribution < -0.4 is 5.73 Å². The van der Waals surface area contributed by atoms with Crippen LogP contribution in [-0.2, 0) is 10.0 Å². The Labute approximate surface area is 170 Å². The zero-order valence-corrected chi connectivity index (χ0v) is 16.8. The topological polar surface area (TPSA) is 96.3 Å². The van der Waals surface area contributed by atoms with Gasteiger partial charge in [0, 0.05) is 30.1 Å². The van der Waals surface area contributed by atoms with Gasteiger partial charge in [-0.25, -0.2) is 8.42 Å². The minimum absolute atomic E-state index is 0.201. The Morgan fingerprint density at radius 3 is 2.45 bits per heavy atom. The van der Waals surface area contributed by atoms with E-state index in [1.807, 2.05) is 42.6 Å². The van der Waals surface area contributed by atoms with Gasteiger partial charge in [-0.3, -0.25) is 4.79 Å². The fraction of sp³-hybridized carbons (Fsp3) is 0.227. The Balaban J connectivity index is 1.74. The third-order valence-electron chi connectivity index (χ3n) is 5.66. The molecule has 1 aliphatic rings. The third kappa shape index (κ3) is 3.59. The molecule has 1 aromatic heterocycles. The molecule has 4 rings (SSSR count). The quantitative estimate of drug-likeness (QED) is 0.674. The lowest BCUT2D eigenvalue weighted by molar-refractivity contribution is 0.100. The van der Waals surface area contributed by atoms with Crippen LogP contribution in [0.2, 0.25) is 0 Å². The molecule has 3 N–H and O–H groups in total. The lowest BCUT2D eigenvalue weighted by Crippen LogP contribution is -2.36. The van der Waals surface area contributed by atoms with Gasteiger partial charge in [-0.1, -0.05) is 36.9 Å². The van der Waals surface area contributed by atoms with Gasteiger partial charge in [0.1, 0.15) is 0 Å². The van der Waals surface area contributed by atoms with Crippen LogP contribution in [-0.4, -0.2) is 36.7 Å². The normalized spacial score (nSPS) is 16.1. The minimum atomic E-state index is -3.39. The fourth-order valence-electron chi connectivity index (χ4n) is 4.11. The number of sulfonamides is 1. The predicted octanol–water partition coefficient (Wildman–Crippen LogP) is 3.59. The highest BCUT2D eigenvalue weighted by Crippen LogP contribution is 2.37. The molecule has 6 nitrogen and oxygen atoms in total. The van der Waals surface area contributed by atoms with Crippen LogP contribution in [0.25, 0.3) is 22.0 Å². The number of amides is 1. The van der Waals surface area contributed by atoms with E-state index in [2.05, 4.69) is 17.6 Å². The number of aromatic nitrogens is 1. The lowest BCUT2D eigenvalue weighted by Gasteiger charge is -2.30. The van der Waals surface area contributed by atoms with E-state index in [9.17, 15) is 13.2 Å². The van der Waals surface area contributed by atoms with Gasteiger partial charge in [-0.15, -0.1) is 0 Å². The van der Waals surface area contributed by atoms with Gasteiger partial charge in [0.05, 0.1) is 11.1 Å². The van der Waals surface area contributed by atoms with Crippen molar-refractivity contribution in [1.82, 2.24) is 9.29 Å². The molecule has 150 valence electrons. The monoisotopic (exact) mass is 409 g/mol. The summed E-state index contributed by atoms with van der Waals surface area (Å²) in [5, 5.41) is 1.97. The van der Waals surface area contributed by atoms with Gasteiger partial charge in [0.2, 0.25) is 10.0 Å². The highest BCUT2D eigenvalue weighted by molar-refractivity contribution is 7.92. The maximum atomic E-state index is 12.1. The molecule has 29 heavy (non-hydrogen) atoms. The van der Waals surface area contributed by atoms with Crippen LogP contribution >= 0.6 is 0 Å². The summed E-state index contributed by atoms with van der Waals surface area (Å²) in [4.78, 5) is 15.3. The molecule has 0 unspecified atom stereocenters. The first-order valence-electron chi connectivity index (χ1n) is 9.53. The van der Waals surface area contributed by atoms with Crippen LogP contribution in [0.15, 0.2) is 60.6 Å². The molecule has 0 bridgehead atoms. The van der Waals surface area contributed by atoms with Crippen LogP contribution in [0.3, 0.4) is 0 Å². The Morgan fingerprint density at radius 1 is 1.14 bits per heavy atom. The molecular weight excluding hydrogens is 386 g/mol. The predicted molar refractivity (Wildman–Crippen MR) is 115 cm³/mol. The van der Waals surface area contributed by atoms with Crippen molar-refractivity contribution in [2.45, 2.75) is 18.8 Å². The van der Waals surface area contributed by atoms with Crippen molar-refractivity contribution in [1.29, 1.82) is 0 Å². The number of carbonyl (C=O) groups excluding carboxylic acids is 1. The largest absolute Gasteiger partial charge is 0.366 e. The van der Waals surface area contributed by atoms with Crippen molar-refractivity contribution in [2.75, 3.05) is 13.1 Å². The Kier molecular flexibility index (Phi) is 5.02. The summed E-state index contributed by atoms with van der Waals surface area (Å²) in [5.41, 5.74) is 9.88. The number of fused-ring (bicyclic) bond motifs is 1. The van der Waals surface area contributed by atoms with E-state index in [-0.39, 0.29) is 5.92 Å². The number of carbonyl (C=O) groups is 1. The van der Waals surface area contributed by atoms with E-state index in [1.54, 1.807) is 0 Å². The molecular formula is C22H23N3O3S. The van der Waals surface area contributed by atoms with Gasteiger partial charge < -0.3 is 10.7 Å². The lowest BCUT2D eigenvalue weighted by atomic mass is 9.88. The molecule has 2 aromatic carbocycles. The van der Waals surface area contributed by atoms with E-state index in [1.165, 1.54) is 4.31 Å². The molecule has 1 amide bonds. The number of primary amides is 1. The summed E-state index contributed by atoms with van der Waals surface area (Å²) >= 11 is 0. The average Bonchev–Trinajstić information content (AvgIpc) is 3.17. The summed E-state index contributed by atoms with van der Waals surface area (Å²) in [7, 11) is -3.39. The highest BCUT2D eigenvalue weighted by atomic mass is 32.2. The summed E-state index contributed by atoms with van der Waals surface area (Å²) in [6, 6.07) is 13.8. The maximum absolute atomic E-state index is 12.1. The number of rotatable bonds is 5. The molecule has 0 atom stereocenters. The third-order valence-corrected chi connectivity index (χ3v) is 7.16. The summed E-state index contributed by atoms with van der Waals surface area (Å²) < 4.78 is 25.5. The Morgan fingerprint density at radius 2 is 1.83 bits per heavy atom. The molecule has 0 spiro atoms. The van der Waals surface area contributed by atoms with E-state index in [0.29, 0.717) is 31.5 Å². The number of aromatic amines is 1. The van der Waals surface area contributed by atoms with Crippen LogP contribution in [0.5, 0.6) is 0 Å². The van der Waals surface area contributed by atoms with Crippen molar-refractivity contribution in [2.24, 2.45) is 5.73 Å². The second-order valence-corrected chi connectivity index (χ2v) is 9.19. The summed E-state index contributed by atoms with van der Waals surface area (Å²) in [6.45, 7) is 4.31. The average molecular weight is 410 g/mol. The van der Waals surface area contributed by atoms with E-state index in [4.69, 9.17) is 5.73 Å². The van der Waals surface area contributed by atoms with Gasteiger partial charge in [0.25, 0.3) is 5.91 Å². The van der Waals surface area contributed by atoms with Crippen LogP contribution in [0, 0.1) is 0 Å². The van der Waals surface area contributed by atoms with Crippen LogP contribution in [0.1, 0.15) is 34.7 Å². The maximum Gasteiger partial charge on any atom is 0.250 e. The van der Waals surface area contributed by atoms with E-state index >= 15 is 0 Å². The molecule has 3 aromatic rings. The number of nitrogens with two attached hydrogens (primary N) is 1. The van der Waals surface area contributed by atoms with Gasteiger partial charge in [0.15, 0.2) is 0 Å². The first-order chi connectivity index (χ1) is 13.9. The molecule has 1 saturated heterocycles. The zero-order valence-electron chi connectivity index (χ0n) is 16.0. The second kappa shape index (κ2) is 7.50. The fourth-order valence-corrected chi connectivity index (χ4v) is 5.04. The molecule has 0 radical (unpaired) electrons. The second-order valence-electron chi connectivity index (χ2n) is 7.31. The van der Waals surface area contributed by atoms with Crippen molar-refractivity contribution >= 4 is 26.8 Å². The SMILES string of the molecule is C=CS(=O)(=O)N1CCC(c2c[nH]c3c(C(N)=O)cc(-c4ccccc4)cc23)CC1. The number of nitrogens with zero attached hydrogens (tertiary/aromatic N) is 1. The summed E-state index contributed by atoms with van der Waals surface area (Å²) in [6.07, 6.45) is 3.34. The highest BCUT2D eigenvalue weighted by Gasteiger charge is 2.28. The number of hydrogen-bond donors (Lipinski definition) is 2. The molecule has 2 heterocycles. The van der Waals surface area contributed by atoms with Crippen molar-refractivity contribution in [3.8, 4) is 11.1 Å². The van der Waals surface area contributed by atoms with Gasteiger partial charge >= 0.3 is 0 Å². The number of piperidine rings is 1. The molecule has 7 heteroatoms. The standard InChI is InChI=1S/C22H23N3O3S/c1-2-29(27,28)25-10-8-16(9-11-25)20-14-24-21-18(20)12-17(13-19(21)22(23)26)15-6-4-3-5-7-15/h2-7,12-14,16,24H,1,8-11H2,(H2,23,26). The Hall–Kier alpha value is -2.90. The molecule has 0 aliphatic carbocycles. The number of hydrogen-bond acceptors (Lipinski definition) is 3. The molecule has 1 aliphatic heterocycles. The molecule has 0 saturated carbocycles. The number of benzene rings is 2. The van der Waals surface area contributed by atoms with Gasteiger partial charge in [-0.2, -0.15) is 4.31 Å². The minimum Gasteiger partial charge on any atom is -0.366 e. The van der Waals surface area contributed by atoms with Crippen molar-refractivity contribution < 1.29 is 13.2 Å². The van der Waals surface area contributed by atoms with E-state index < -0.39 is 15.9 Å². The van der Waals surface area contributed by atoms with Crippen molar-refractivity contribution in [3.05, 3.63) is 71.8 Å². The van der Waals surface area contributed by atoms with Crippen molar-refractivity contribution in [3.63, 3.8) is 0 Å². The number of H-pyrrole nitrogens is 1.